The van der Waals surface area contributed by atoms with Crippen LogP contribution in [0.1, 0.15) is 6.92 Å². The van der Waals surface area contributed by atoms with Crippen LogP contribution in [0.2, 0.25) is 0 Å². The molecule has 0 amide bonds. The molecule has 0 aromatic rings. The number of oxime groups is 1. The van der Waals surface area contributed by atoms with E-state index in [1.807, 2.05) is 6.92 Å². The molecule has 1 N–H and O–H groups in total. The number of aliphatic imine (C=N–C) groups is 1. The Morgan fingerprint density at radius 2 is 2.64 bits per heavy atom. The van der Waals surface area contributed by atoms with E-state index in [-0.39, 0.29) is 0 Å². The summed E-state index contributed by atoms with van der Waals surface area (Å²) in [7, 11) is 1.56. The van der Waals surface area contributed by atoms with Gasteiger partial charge < -0.3 is 10.2 Å². The molecule has 1 aliphatic heterocycles. The lowest BCUT2D eigenvalue weighted by Crippen LogP contribution is -2.32. The Morgan fingerprint density at radius 3 is 3.18 bits per heavy atom. The average Bonchev–Trinajstić information content (AvgIpc) is 2.07. The molecule has 1 rings (SSSR count). The molecule has 1 aliphatic rings. The average molecular weight is 155 g/mol. The van der Waals surface area contributed by atoms with Crippen LogP contribution in [0.15, 0.2) is 10.1 Å². The van der Waals surface area contributed by atoms with E-state index in [4.69, 9.17) is 0 Å². The van der Waals surface area contributed by atoms with Crippen molar-refractivity contribution < 1.29 is 4.84 Å². The lowest BCUT2D eigenvalue weighted by Gasteiger charge is -2.17. The van der Waals surface area contributed by atoms with E-state index >= 15 is 0 Å². The molecule has 0 spiro atoms. The first-order chi connectivity index (χ1) is 5.34. The zero-order valence-electron chi connectivity index (χ0n) is 6.87. The Bertz CT molecular complexity index is 177. The molecular formula is C7H13N3O. The summed E-state index contributed by atoms with van der Waals surface area (Å²) in [4.78, 5) is 8.75. The molecule has 0 aromatic heterocycles. The van der Waals surface area contributed by atoms with Crippen LogP contribution >= 0.6 is 0 Å². The van der Waals surface area contributed by atoms with Gasteiger partial charge in [0.05, 0.1) is 18.6 Å². The third-order valence-electron chi connectivity index (χ3n) is 1.70. The van der Waals surface area contributed by atoms with Crippen molar-refractivity contribution in [3.05, 3.63) is 0 Å². The summed E-state index contributed by atoms with van der Waals surface area (Å²) in [5, 5.41) is 6.90. The predicted molar refractivity (Wildman–Crippen MR) is 45.0 cm³/mol. The maximum Gasteiger partial charge on any atom is 0.106 e. The first-order valence-corrected chi connectivity index (χ1v) is 3.64. The lowest BCUT2D eigenvalue weighted by molar-refractivity contribution is 0.210. The summed E-state index contributed by atoms with van der Waals surface area (Å²) >= 11 is 0. The maximum absolute atomic E-state index is 4.67. The van der Waals surface area contributed by atoms with Crippen LogP contribution in [-0.4, -0.2) is 32.2 Å². The van der Waals surface area contributed by atoms with Crippen LogP contribution in [0.25, 0.3) is 0 Å². The molecule has 1 atom stereocenters. The van der Waals surface area contributed by atoms with Crippen molar-refractivity contribution in [3.8, 4) is 0 Å². The molecule has 4 heteroatoms. The van der Waals surface area contributed by atoms with Crippen LogP contribution in [0.4, 0.5) is 0 Å². The molecule has 11 heavy (non-hydrogen) atoms. The molecule has 4 nitrogen and oxygen atoms in total. The van der Waals surface area contributed by atoms with Crippen LogP contribution in [0, 0.1) is 5.92 Å². The third-order valence-corrected chi connectivity index (χ3v) is 1.70. The highest BCUT2D eigenvalue weighted by atomic mass is 16.6. The van der Waals surface area contributed by atoms with Crippen LogP contribution < -0.4 is 5.32 Å². The minimum atomic E-state index is 0.389. The third kappa shape index (κ3) is 2.22. The molecule has 0 bridgehead atoms. The molecule has 1 heterocycles. The van der Waals surface area contributed by atoms with Gasteiger partial charge in [-0.25, -0.2) is 0 Å². The molecular weight excluding hydrogens is 142 g/mol. The monoisotopic (exact) mass is 155 g/mol. The smallest absolute Gasteiger partial charge is 0.106 e. The second-order valence-electron chi connectivity index (χ2n) is 2.51. The van der Waals surface area contributed by atoms with E-state index < -0.39 is 0 Å². The number of hydrogen-bond acceptors (Lipinski definition) is 4. The van der Waals surface area contributed by atoms with Crippen molar-refractivity contribution in [1.82, 2.24) is 5.32 Å². The van der Waals surface area contributed by atoms with Gasteiger partial charge in [-0.05, 0) is 6.92 Å². The summed E-state index contributed by atoms with van der Waals surface area (Å²) in [5.74, 6) is 0.389. The van der Waals surface area contributed by atoms with Gasteiger partial charge in [0.25, 0.3) is 0 Å². The fourth-order valence-corrected chi connectivity index (χ4v) is 1.00. The molecule has 0 saturated carbocycles. The van der Waals surface area contributed by atoms with Gasteiger partial charge in [-0.2, -0.15) is 0 Å². The first-order valence-electron chi connectivity index (χ1n) is 3.64. The Labute approximate surface area is 66.3 Å². The highest BCUT2D eigenvalue weighted by Crippen LogP contribution is 2.02. The minimum Gasteiger partial charge on any atom is -0.399 e. The van der Waals surface area contributed by atoms with Crippen molar-refractivity contribution in [3.63, 3.8) is 0 Å². The molecule has 0 fully saturated rings. The standard InChI is InChI=1S/C7H13N3O/c1-6(10-11-2)7-3-8-5-9-4-7/h5,7H,3-4H2,1-2H3,(H,8,9). The largest absolute Gasteiger partial charge is 0.399 e. The quantitative estimate of drug-likeness (QED) is 0.459. The van der Waals surface area contributed by atoms with Gasteiger partial charge >= 0.3 is 0 Å². The molecule has 0 aliphatic carbocycles. The van der Waals surface area contributed by atoms with Crippen molar-refractivity contribution in [1.29, 1.82) is 0 Å². The van der Waals surface area contributed by atoms with E-state index in [1.54, 1.807) is 13.4 Å². The van der Waals surface area contributed by atoms with Gasteiger partial charge in [0.2, 0.25) is 0 Å². The van der Waals surface area contributed by atoms with E-state index in [1.165, 1.54) is 0 Å². The van der Waals surface area contributed by atoms with Gasteiger partial charge in [0.15, 0.2) is 0 Å². The Hall–Kier alpha value is -1.06. The van der Waals surface area contributed by atoms with E-state index in [9.17, 15) is 0 Å². The summed E-state index contributed by atoms with van der Waals surface area (Å²) in [6.07, 6.45) is 1.73. The van der Waals surface area contributed by atoms with Crippen molar-refractivity contribution in [2.45, 2.75) is 6.92 Å². The normalized spacial score (nSPS) is 24.5. The van der Waals surface area contributed by atoms with Crippen molar-refractivity contribution in [2.75, 3.05) is 20.2 Å². The Balaban J connectivity index is 2.46. The molecule has 62 valence electrons. The summed E-state index contributed by atoms with van der Waals surface area (Å²) in [6.45, 7) is 3.67. The number of rotatable bonds is 2. The molecule has 1 unspecified atom stereocenters. The predicted octanol–water partition coefficient (Wildman–Crippen LogP) is 0.256. The molecule has 0 radical (unpaired) electrons. The second-order valence-corrected chi connectivity index (χ2v) is 2.51. The van der Waals surface area contributed by atoms with Gasteiger partial charge in [-0.15, -0.1) is 0 Å². The first kappa shape index (κ1) is 8.04. The van der Waals surface area contributed by atoms with Crippen LogP contribution in [-0.2, 0) is 4.84 Å². The number of nitrogens with one attached hydrogen (secondary N) is 1. The highest BCUT2D eigenvalue weighted by Gasteiger charge is 2.13. The lowest BCUT2D eigenvalue weighted by atomic mass is 10.0. The highest BCUT2D eigenvalue weighted by molar-refractivity contribution is 5.85. The Morgan fingerprint density at radius 1 is 1.82 bits per heavy atom. The topological polar surface area (TPSA) is 46.0 Å². The number of nitrogens with zero attached hydrogens (tertiary/aromatic N) is 2. The van der Waals surface area contributed by atoms with Crippen LogP contribution in [0.3, 0.4) is 0 Å². The zero-order valence-corrected chi connectivity index (χ0v) is 6.87. The maximum atomic E-state index is 4.67. The van der Waals surface area contributed by atoms with Crippen molar-refractivity contribution in [2.24, 2.45) is 16.1 Å². The SMILES string of the molecule is CON=C(C)C1CN=CNC1. The van der Waals surface area contributed by atoms with Gasteiger partial charge in [0.1, 0.15) is 7.11 Å². The van der Waals surface area contributed by atoms with Crippen molar-refractivity contribution >= 4 is 12.1 Å². The summed E-state index contributed by atoms with van der Waals surface area (Å²) in [5.41, 5.74) is 0.997. The second kappa shape index (κ2) is 3.95. The summed E-state index contributed by atoms with van der Waals surface area (Å²) < 4.78 is 0. The van der Waals surface area contributed by atoms with E-state index in [2.05, 4.69) is 20.3 Å². The fourth-order valence-electron chi connectivity index (χ4n) is 1.00. The fraction of sp³-hybridized carbons (Fsp3) is 0.714. The number of hydrogen-bond donors (Lipinski definition) is 1. The van der Waals surface area contributed by atoms with Gasteiger partial charge in [-0.1, -0.05) is 5.16 Å². The van der Waals surface area contributed by atoms with E-state index in [0.29, 0.717) is 5.92 Å². The summed E-state index contributed by atoms with van der Waals surface area (Å²) in [6, 6.07) is 0. The van der Waals surface area contributed by atoms with E-state index in [0.717, 1.165) is 18.8 Å². The zero-order chi connectivity index (χ0) is 8.10. The van der Waals surface area contributed by atoms with Crippen LogP contribution in [0.5, 0.6) is 0 Å². The molecule has 0 saturated heterocycles. The van der Waals surface area contributed by atoms with Gasteiger partial charge in [-0.3, -0.25) is 4.99 Å². The molecule has 0 aromatic carbocycles. The Kier molecular flexibility index (Phi) is 2.89. The van der Waals surface area contributed by atoms with Gasteiger partial charge in [0, 0.05) is 12.5 Å². The minimum absolute atomic E-state index is 0.389.